The Bertz CT molecular complexity index is 999. The van der Waals surface area contributed by atoms with Crippen LogP contribution in [-0.2, 0) is 16.1 Å². The van der Waals surface area contributed by atoms with Crippen molar-refractivity contribution in [3.8, 4) is 0 Å². The maximum Gasteiger partial charge on any atom is 0.262 e. The number of nitrogens with zero attached hydrogens (tertiary/aromatic N) is 4. The lowest BCUT2D eigenvalue weighted by Gasteiger charge is -2.32. The Hall–Kier alpha value is -1.90. The van der Waals surface area contributed by atoms with Crippen molar-refractivity contribution in [2.24, 2.45) is 0 Å². The number of carbonyl (C=O) groups is 1. The lowest BCUT2D eigenvalue weighted by atomic mass is 9.94. The highest BCUT2D eigenvalue weighted by atomic mass is 32.2. The minimum absolute atomic E-state index is 0.0228. The molecule has 1 aliphatic carbocycles. The quantitative estimate of drug-likeness (QED) is 0.433. The largest absolute Gasteiger partial charge is 0.379 e. The first-order valence-corrected chi connectivity index (χ1v) is 13.2. The number of rotatable bonds is 8. The van der Waals surface area contributed by atoms with Crippen LogP contribution in [0.25, 0.3) is 10.9 Å². The van der Waals surface area contributed by atoms with Crippen LogP contribution in [0.4, 0.5) is 0 Å². The number of carbonyl (C=O) groups excluding carboxylic acids is 1. The number of aromatic nitrogens is 2. The zero-order valence-corrected chi connectivity index (χ0v) is 20.7. The van der Waals surface area contributed by atoms with E-state index in [4.69, 9.17) is 9.72 Å². The highest BCUT2D eigenvalue weighted by Crippen LogP contribution is 2.27. The molecule has 1 aliphatic heterocycles. The Morgan fingerprint density at radius 3 is 2.67 bits per heavy atom. The fourth-order valence-electron chi connectivity index (χ4n) is 4.86. The number of morpholine rings is 1. The fourth-order valence-corrected chi connectivity index (χ4v) is 5.89. The van der Waals surface area contributed by atoms with Crippen molar-refractivity contribution in [1.82, 2.24) is 19.4 Å². The Morgan fingerprint density at radius 1 is 1.18 bits per heavy atom. The molecule has 0 spiro atoms. The molecule has 1 unspecified atom stereocenters. The van der Waals surface area contributed by atoms with Gasteiger partial charge < -0.3 is 9.64 Å². The van der Waals surface area contributed by atoms with Crippen molar-refractivity contribution in [2.45, 2.75) is 68.4 Å². The molecule has 0 radical (unpaired) electrons. The molecule has 180 valence electrons. The van der Waals surface area contributed by atoms with Gasteiger partial charge in [0, 0.05) is 39.3 Å². The van der Waals surface area contributed by atoms with E-state index in [1.165, 1.54) is 31.0 Å². The lowest BCUT2D eigenvalue weighted by Crippen LogP contribution is -2.42. The average Bonchev–Trinajstić information content (AvgIpc) is 2.86. The van der Waals surface area contributed by atoms with E-state index in [0.29, 0.717) is 28.6 Å². The summed E-state index contributed by atoms with van der Waals surface area (Å²) in [5.74, 6) is 0.120. The van der Waals surface area contributed by atoms with Crippen LogP contribution in [0.15, 0.2) is 34.2 Å². The molecule has 2 aromatic rings. The van der Waals surface area contributed by atoms with Crippen molar-refractivity contribution in [1.29, 1.82) is 0 Å². The van der Waals surface area contributed by atoms with Crippen LogP contribution < -0.4 is 5.56 Å². The van der Waals surface area contributed by atoms with E-state index in [1.807, 2.05) is 43.1 Å². The van der Waals surface area contributed by atoms with E-state index in [9.17, 15) is 9.59 Å². The third kappa shape index (κ3) is 5.97. The van der Waals surface area contributed by atoms with Crippen LogP contribution in [0.5, 0.6) is 0 Å². The van der Waals surface area contributed by atoms with Crippen LogP contribution >= 0.6 is 11.8 Å². The van der Waals surface area contributed by atoms with Crippen molar-refractivity contribution in [3.63, 3.8) is 0 Å². The number of hydrogen-bond donors (Lipinski definition) is 0. The van der Waals surface area contributed by atoms with Gasteiger partial charge in [-0.3, -0.25) is 19.1 Å². The van der Waals surface area contributed by atoms with Crippen molar-refractivity contribution >= 4 is 28.6 Å². The molecule has 1 saturated heterocycles. The number of fused-ring (bicyclic) bond motifs is 1. The van der Waals surface area contributed by atoms with Crippen LogP contribution in [0.2, 0.25) is 0 Å². The van der Waals surface area contributed by atoms with Crippen LogP contribution in [0.3, 0.4) is 0 Å². The van der Waals surface area contributed by atoms with Crippen LogP contribution in [0, 0.1) is 0 Å². The number of thioether (sulfide) groups is 1. The Morgan fingerprint density at radius 2 is 1.91 bits per heavy atom. The van der Waals surface area contributed by atoms with Crippen molar-refractivity contribution < 1.29 is 9.53 Å². The number of para-hydroxylation sites is 1. The molecule has 0 bridgehead atoms. The molecule has 2 fully saturated rings. The summed E-state index contributed by atoms with van der Waals surface area (Å²) in [7, 11) is 1.93. The van der Waals surface area contributed by atoms with Gasteiger partial charge in [-0.25, -0.2) is 4.98 Å². The standard InChI is InChI=1S/C25H36N4O3S/c1-19(23(30)27(2)20-9-4-3-5-10-20)33-25-26-22-12-7-6-11-21(22)24(31)29(25)14-8-13-28-15-17-32-18-16-28/h6-7,11-12,19-20H,3-5,8-10,13-18H2,1-2H3. The smallest absolute Gasteiger partial charge is 0.262 e. The number of hydrogen-bond acceptors (Lipinski definition) is 6. The summed E-state index contributed by atoms with van der Waals surface area (Å²) in [5.41, 5.74) is 0.667. The highest BCUT2D eigenvalue weighted by molar-refractivity contribution is 8.00. The molecule has 1 amide bonds. The van der Waals surface area contributed by atoms with Gasteiger partial charge in [0.15, 0.2) is 5.16 Å². The Balaban J connectivity index is 1.51. The molecule has 33 heavy (non-hydrogen) atoms. The van der Waals surface area contributed by atoms with Crippen molar-refractivity contribution in [3.05, 3.63) is 34.6 Å². The van der Waals surface area contributed by atoms with Gasteiger partial charge >= 0.3 is 0 Å². The highest BCUT2D eigenvalue weighted by Gasteiger charge is 2.27. The summed E-state index contributed by atoms with van der Waals surface area (Å²) in [4.78, 5) is 35.7. The third-order valence-corrected chi connectivity index (χ3v) is 7.96. The fraction of sp³-hybridized carbons (Fsp3) is 0.640. The van der Waals surface area contributed by atoms with Gasteiger partial charge in [-0.05, 0) is 38.3 Å². The summed E-state index contributed by atoms with van der Waals surface area (Å²) in [5, 5.41) is 0.973. The second-order valence-corrected chi connectivity index (χ2v) is 10.5. The van der Waals surface area contributed by atoms with Gasteiger partial charge in [-0.15, -0.1) is 0 Å². The predicted octanol–water partition coefficient (Wildman–Crippen LogP) is 3.39. The number of benzene rings is 1. The molecule has 0 N–H and O–H groups in total. The zero-order chi connectivity index (χ0) is 23.2. The summed E-state index contributed by atoms with van der Waals surface area (Å²) in [6.07, 6.45) is 6.68. The van der Waals surface area contributed by atoms with E-state index in [2.05, 4.69) is 4.90 Å². The van der Waals surface area contributed by atoms with E-state index >= 15 is 0 Å². The van der Waals surface area contributed by atoms with E-state index in [-0.39, 0.29) is 16.7 Å². The summed E-state index contributed by atoms with van der Waals surface area (Å²) >= 11 is 1.41. The number of amides is 1. The first-order valence-electron chi connectivity index (χ1n) is 12.3. The van der Waals surface area contributed by atoms with Gasteiger partial charge in [0.1, 0.15) is 0 Å². The zero-order valence-electron chi connectivity index (χ0n) is 19.9. The molecule has 1 aromatic heterocycles. The Kier molecular flexibility index (Phi) is 8.44. The predicted molar refractivity (Wildman–Crippen MR) is 133 cm³/mol. The molecular weight excluding hydrogens is 436 g/mol. The molecule has 2 aliphatic rings. The van der Waals surface area contributed by atoms with E-state index in [1.54, 1.807) is 4.57 Å². The minimum atomic E-state index is -0.296. The Labute approximate surface area is 200 Å². The van der Waals surface area contributed by atoms with Gasteiger partial charge in [0.25, 0.3) is 5.56 Å². The second kappa shape index (κ2) is 11.5. The lowest BCUT2D eigenvalue weighted by molar-refractivity contribution is -0.131. The molecule has 1 saturated carbocycles. The molecular formula is C25H36N4O3S. The van der Waals surface area contributed by atoms with Gasteiger partial charge in [-0.2, -0.15) is 0 Å². The summed E-state index contributed by atoms with van der Waals surface area (Å²) < 4.78 is 7.21. The van der Waals surface area contributed by atoms with Crippen LogP contribution in [0.1, 0.15) is 45.4 Å². The molecule has 7 nitrogen and oxygen atoms in total. The van der Waals surface area contributed by atoms with E-state index in [0.717, 1.165) is 52.1 Å². The maximum absolute atomic E-state index is 13.3. The normalized spacial score (nSPS) is 19.0. The first kappa shape index (κ1) is 24.2. The van der Waals surface area contributed by atoms with Gasteiger partial charge in [0.2, 0.25) is 5.91 Å². The maximum atomic E-state index is 13.3. The average molecular weight is 473 g/mol. The SMILES string of the molecule is CC(Sc1nc2ccccc2c(=O)n1CCCN1CCOCC1)C(=O)N(C)C1CCCCC1. The molecule has 8 heteroatoms. The summed E-state index contributed by atoms with van der Waals surface area (Å²) in [6, 6.07) is 7.82. The topological polar surface area (TPSA) is 67.7 Å². The molecule has 2 heterocycles. The van der Waals surface area contributed by atoms with Crippen molar-refractivity contribution in [2.75, 3.05) is 39.9 Å². The number of ether oxygens (including phenoxy) is 1. The molecule has 1 aromatic carbocycles. The summed E-state index contributed by atoms with van der Waals surface area (Å²) in [6.45, 7) is 6.86. The first-order chi connectivity index (χ1) is 16.0. The third-order valence-electron chi connectivity index (χ3n) is 6.89. The molecule has 4 rings (SSSR count). The molecule has 1 atom stereocenters. The van der Waals surface area contributed by atoms with Crippen LogP contribution in [-0.4, -0.2) is 76.4 Å². The van der Waals surface area contributed by atoms with Gasteiger partial charge in [-0.1, -0.05) is 43.2 Å². The van der Waals surface area contributed by atoms with E-state index < -0.39 is 0 Å². The second-order valence-electron chi connectivity index (χ2n) is 9.18. The monoisotopic (exact) mass is 472 g/mol. The minimum Gasteiger partial charge on any atom is -0.379 e. The van der Waals surface area contributed by atoms with Gasteiger partial charge in [0.05, 0.1) is 29.4 Å².